The van der Waals surface area contributed by atoms with E-state index in [0.29, 0.717) is 19.5 Å². The zero-order valence-corrected chi connectivity index (χ0v) is 14.6. The zero-order chi connectivity index (χ0) is 17.8. The molecule has 134 valence electrons. The number of carbonyl (C=O) groups is 3. The average molecular weight is 343 g/mol. The molecule has 0 spiro atoms. The SMILES string of the molecule is C[C@H](C(=O)N1CCCCCC1)N1C(=O)N[C@H](Cc2ccccc2)C1=O. The maximum absolute atomic E-state index is 12.7. The molecular weight excluding hydrogens is 318 g/mol. The van der Waals surface area contributed by atoms with Crippen molar-refractivity contribution in [2.24, 2.45) is 0 Å². The highest BCUT2D eigenvalue weighted by Crippen LogP contribution is 2.18. The second-order valence-corrected chi connectivity index (χ2v) is 6.82. The molecule has 0 unspecified atom stereocenters. The lowest BCUT2D eigenvalue weighted by Gasteiger charge is -2.28. The summed E-state index contributed by atoms with van der Waals surface area (Å²) in [4.78, 5) is 40.6. The van der Waals surface area contributed by atoms with Gasteiger partial charge in [0.2, 0.25) is 5.91 Å². The van der Waals surface area contributed by atoms with Crippen LogP contribution in [0.25, 0.3) is 0 Å². The van der Waals surface area contributed by atoms with Gasteiger partial charge in [-0.2, -0.15) is 0 Å². The van der Waals surface area contributed by atoms with E-state index < -0.39 is 18.1 Å². The summed E-state index contributed by atoms with van der Waals surface area (Å²) >= 11 is 0. The van der Waals surface area contributed by atoms with E-state index in [2.05, 4.69) is 5.32 Å². The third-order valence-corrected chi connectivity index (χ3v) is 5.00. The summed E-state index contributed by atoms with van der Waals surface area (Å²) in [5, 5.41) is 2.72. The standard InChI is InChI=1S/C19H25N3O3/c1-14(17(23)21-11-7-2-3-8-12-21)22-18(24)16(20-19(22)25)13-15-9-5-4-6-10-15/h4-6,9-10,14,16H,2-3,7-8,11-13H2,1H3,(H,20,25)/t14-,16-/m1/s1. The zero-order valence-electron chi connectivity index (χ0n) is 14.6. The largest absolute Gasteiger partial charge is 0.341 e. The predicted molar refractivity (Wildman–Crippen MR) is 93.8 cm³/mol. The molecular formula is C19H25N3O3. The van der Waals surface area contributed by atoms with Gasteiger partial charge in [-0.05, 0) is 25.3 Å². The molecule has 0 aromatic heterocycles. The molecule has 0 aliphatic carbocycles. The Labute approximate surface area is 148 Å². The minimum absolute atomic E-state index is 0.134. The Kier molecular flexibility index (Phi) is 5.36. The Bertz CT molecular complexity index is 639. The van der Waals surface area contributed by atoms with Gasteiger partial charge < -0.3 is 10.2 Å². The molecule has 0 bridgehead atoms. The third-order valence-electron chi connectivity index (χ3n) is 5.00. The van der Waals surface area contributed by atoms with Gasteiger partial charge in [0, 0.05) is 19.5 Å². The normalized spacial score (nSPS) is 22.5. The number of benzene rings is 1. The maximum Gasteiger partial charge on any atom is 0.325 e. The molecule has 1 aromatic rings. The van der Waals surface area contributed by atoms with E-state index in [9.17, 15) is 14.4 Å². The van der Waals surface area contributed by atoms with Gasteiger partial charge in [0.05, 0.1) is 0 Å². The van der Waals surface area contributed by atoms with Gasteiger partial charge in [0.15, 0.2) is 0 Å². The highest BCUT2D eigenvalue weighted by atomic mass is 16.2. The van der Waals surface area contributed by atoms with E-state index >= 15 is 0 Å². The summed E-state index contributed by atoms with van der Waals surface area (Å²) in [5.41, 5.74) is 0.981. The summed E-state index contributed by atoms with van der Waals surface area (Å²) in [5.74, 6) is -0.449. The van der Waals surface area contributed by atoms with Crippen LogP contribution < -0.4 is 5.32 Å². The Morgan fingerprint density at radius 3 is 2.40 bits per heavy atom. The van der Waals surface area contributed by atoms with E-state index in [-0.39, 0.29) is 11.8 Å². The number of carbonyl (C=O) groups excluding carboxylic acids is 3. The molecule has 1 aromatic carbocycles. The lowest BCUT2D eigenvalue weighted by atomic mass is 10.1. The molecule has 2 atom stereocenters. The van der Waals surface area contributed by atoms with E-state index in [1.807, 2.05) is 30.3 Å². The molecule has 2 saturated heterocycles. The number of hydrogen-bond donors (Lipinski definition) is 1. The second-order valence-electron chi connectivity index (χ2n) is 6.82. The van der Waals surface area contributed by atoms with Crippen LogP contribution in [0.5, 0.6) is 0 Å². The fourth-order valence-electron chi connectivity index (χ4n) is 3.57. The summed E-state index contributed by atoms with van der Waals surface area (Å²) in [6.07, 6.45) is 4.65. The number of likely N-dealkylation sites (tertiary alicyclic amines) is 1. The van der Waals surface area contributed by atoms with Crippen LogP contribution in [0.15, 0.2) is 30.3 Å². The molecule has 3 rings (SSSR count). The number of hydrogen-bond acceptors (Lipinski definition) is 3. The van der Waals surface area contributed by atoms with Crippen LogP contribution in [0, 0.1) is 0 Å². The lowest BCUT2D eigenvalue weighted by Crippen LogP contribution is -2.50. The number of amides is 4. The van der Waals surface area contributed by atoms with Gasteiger partial charge in [0.25, 0.3) is 5.91 Å². The van der Waals surface area contributed by atoms with Crippen molar-refractivity contribution in [1.82, 2.24) is 15.1 Å². The van der Waals surface area contributed by atoms with Gasteiger partial charge in [-0.15, -0.1) is 0 Å². The van der Waals surface area contributed by atoms with Crippen LogP contribution in [0.3, 0.4) is 0 Å². The van der Waals surface area contributed by atoms with Gasteiger partial charge in [-0.3, -0.25) is 14.5 Å². The fraction of sp³-hybridized carbons (Fsp3) is 0.526. The van der Waals surface area contributed by atoms with E-state index in [0.717, 1.165) is 36.1 Å². The van der Waals surface area contributed by atoms with E-state index in [1.165, 1.54) is 0 Å². The smallest absolute Gasteiger partial charge is 0.325 e. The first kappa shape index (κ1) is 17.5. The van der Waals surface area contributed by atoms with Crippen LogP contribution >= 0.6 is 0 Å². The first-order valence-electron chi connectivity index (χ1n) is 9.04. The number of rotatable bonds is 4. The Hall–Kier alpha value is -2.37. The summed E-state index contributed by atoms with van der Waals surface area (Å²) in [6, 6.07) is 7.73. The van der Waals surface area contributed by atoms with Crippen molar-refractivity contribution in [3.05, 3.63) is 35.9 Å². The molecule has 2 heterocycles. The molecule has 2 aliphatic rings. The van der Waals surface area contributed by atoms with Crippen molar-refractivity contribution in [2.75, 3.05) is 13.1 Å². The molecule has 1 N–H and O–H groups in total. The van der Waals surface area contributed by atoms with Gasteiger partial charge in [-0.25, -0.2) is 4.79 Å². The number of nitrogens with zero attached hydrogens (tertiary/aromatic N) is 2. The van der Waals surface area contributed by atoms with Crippen LogP contribution in [-0.2, 0) is 16.0 Å². The minimum atomic E-state index is -0.758. The van der Waals surface area contributed by atoms with E-state index in [1.54, 1.807) is 11.8 Å². The Morgan fingerprint density at radius 1 is 1.12 bits per heavy atom. The average Bonchev–Trinajstić information content (AvgIpc) is 2.81. The molecule has 6 nitrogen and oxygen atoms in total. The van der Waals surface area contributed by atoms with Crippen molar-refractivity contribution in [3.63, 3.8) is 0 Å². The van der Waals surface area contributed by atoms with Gasteiger partial charge >= 0.3 is 6.03 Å². The minimum Gasteiger partial charge on any atom is -0.341 e. The number of imide groups is 1. The monoisotopic (exact) mass is 343 g/mol. The molecule has 4 amide bonds. The van der Waals surface area contributed by atoms with Crippen molar-refractivity contribution in [3.8, 4) is 0 Å². The van der Waals surface area contributed by atoms with Gasteiger partial charge in [0.1, 0.15) is 12.1 Å². The first-order chi connectivity index (χ1) is 12.1. The fourth-order valence-corrected chi connectivity index (χ4v) is 3.57. The molecule has 25 heavy (non-hydrogen) atoms. The molecule has 2 aliphatic heterocycles. The van der Waals surface area contributed by atoms with Crippen LogP contribution in [0.2, 0.25) is 0 Å². The van der Waals surface area contributed by atoms with Crippen LogP contribution in [0.1, 0.15) is 38.2 Å². The Balaban J connectivity index is 1.67. The topological polar surface area (TPSA) is 69.7 Å². The highest BCUT2D eigenvalue weighted by molar-refractivity contribution is 6.07. The summed E-state index contributed by atoms with van der Waals surface area (Å²) < 4.78 is 0. The second kappa shape index (κ2) is 7.68. The van der Waals surface area contributed by atoms with E-state index in [4.69, 9.17) is 0 Å². The van der Waals surface area contributed by atoms with Gasteiger partial charge in [-0.1, -0.05) is 43.2 Å². The summed E-state index contributed by atoms with van der Waals surface area (Å²) in [6.45, 7) is 3.07. The highest BCUT2D eigenvalue weighted by Gasteiger charge is 2.43. The maximum atomic E-state index is 12.7. The van der Waals surface area contributed by atoms with Crippen molar-refractivity contribution in [2.45, 2.75) is 51.1 Å². The number of urea groups is 1. The molecule has 6 heteroatoms. The predicted octanol–water partition coefficient (Wildman–Crippen LogP) is 1.94. The molecule has 2 fully saturated rings. The summed E-state index contributed by atoms with van der Waals surface area (Å²) in [7, 11) is 0. The van der Waals surface area contributed by atoms with Crippen molar-refractivity contribution >= 4 is 17.8 Å². The van der Waals surface area contributed by atoms with Crippen LogP contribution in [0.4, 0.5) is 4.79 Å². The Morgan fingerprint density at radius 2 is 1.76 bits per heavy atom. The third kappa shape index (κ3) is 3.83. The van der Waals surface area contributed by atoms with Crippen molar-refractivity contribution in [1.29, 1.82) is 0 Å². The van der Waals surface area contributed by atoms with Crippen molar-refractivity contribution < 1.29 is 14.4 Å². The quantitative estimate of drug-likeness (QED) is 0.850. The molecule has 0 saturated carbocycles. The number of nitrogens with one attached hydrogen (secondary N) is 1. The first-order valence-corrected chi connectivity index (χ1v) is 9.04. The van der Waals surface area contributed by atoms with Crippen LogP contribution in [-0.4, -0.2) is 52.8 Å². The molecule has 0 radical (unpaired) electrons. The lowest BCUT2D eigenvalue weighted by molar-refractivity contribution is -0.141.